The van der Waals surface area contributed by atoms with Gasteiger partial charge in [0, 0.05) is 31.4 Å². The van der Waals surface area contributed by atoms with Gasteiger partial charge in [-0.2, -0.15) is 0 Å². The van der Waals surface area contributed by atoms with Gasteiger partial charge in [0.05, 0.1) is 7.11 Å². The number of rotatable bonds is 6. The van der Waals surface area contributed by atoms with Crippen LogP contribution in [-0.4, -0.2) is 48.4 Å². The van der Waals surface area contributed by atoms with Crippen molar-refractivity contribution in [2.24, 2.45) is 0 Å². The van der Waals surface area contributed by atoms with Crippen molar-refractivity contribution >= 4 is 11.8 Å². The monoisotopic (exact) mass is 367 g/mol. The summed E-state index contributed by atoms with van der Waals surface area (Å²) in [7, 11) is 1.63. The number of nitrogens with zero attached hydrogens (tertiary/aromatic N) is 2. The number of amides is 2. The number of pyridine rings is 1. The van der Waals surface area contributed by atoms with Gasteiger partial charge in [-0.05, 0) is 49.4 Å². The zero-order valence-corrected chi connectivity index (χ0v) is 15.6. The van der Waals surface area contributed by atoms with E-state index in [4.69, 9.17) is 4.74 Å². The molecule has 0 spiro atoms. The number of methoxy groups -OCH3 is 1. The first kappa shape index (κ1) is 18.9. The summed E-state index contributed by atoms with van der Waals surface area (Å²) < 4.78 is 5.32. The number of likely N-dealkylation sites (tertiary alicyclic amines) is 1. The Kier molecular flexibility index (Phi) is 6.41. The molecule has 0 bridgehead atoms. The van der Waals surface area contributed by atoms with Crippen molar-refractivity contribution in [1.82, 2.24) is 15.2 Å². The molecule has 1 aliphatic heterocycles. The number of carbonyl (C=O) groups is 2. The van der Waals surface area contributed by atoms with Crippen LogP contribution in [0.3, 0.4) is 0 Å². The highest BCUT2D eigenvalue weighted by atomic mass is 16.5. The van der Waals surface area contributed by atoms with E-state index in [-0.39, 0.29) is 17.5 Å². The van der Waals surface area contributed by atoms with E-state index < -0.39 is 0 Å². The number of nitrogens with one attached hydrogen (secondary N) is 1. The Morgan fingerprint density at radius 1 is 1.15 bits per heavy atom. The van der Waals surface area contributed by atoms with E-state index in [1.54, 1.807) is 19.2 Å². The minimum atomic E-state index is -0.279. The number of carbonyl (C=O) groups excluding carboxylic acids is 2. The van der Waals surface area contributed by atoms with Crippen molar-refractivity contribution in [3.63, 3.8) is 0 Å². The molecule has 2 amide bonds. The molecule has 0 aliphatic carbocycles. The summed E-state index contributed by atoms with van der Waals surface area (Å²) in [6.07, 6.45) is 5.41. The number of para-hydroxylation sites is 1. The summed E-state index contributed by atoms with van der Waals surface area (Å²) >= 11 is 0. The number of hydrogen-bond donors (Lipinski definition) is 1. The molecule has 0 unspecified atom stereocenters. The van der Waals surface area contributed by atoms with Crippen LogP contribution in [0.1, 0.15) is 45.7 Å². The Morgan fingerprint density at radius 2 is 1.93 bits per heavy atom. The standard InChI is InChI=1S/C21H25N3O3/c1-27-19-8-4-3-7-16(19)9-12-23-20(25)18-15-17(10-11-22-18)21(26)24-13-5-2-6-14-24/h3-4,7-8,10-11,15H,2,5-6,9,12-14H2,1H3,(H,23,25). The highest BCUT2D eigenvalue weighted by Crippen LogP contribution is 2.17. The van der Waals surface area contributed by atoms with Crippen molar-refractivity contribution in [3.8, 4) is 5.75 Å². The summed E-state index contributed by atoms with van der Waals surface area (Å²) in [4.78, 5) is 31.0. The maximum Gasteiger partial charge on any atom is 0.269 e. The fraction of sp³-hybridized carbons (Fsp3) is 0.381. The topological polar surface area (TPSA) is 71.5 Å². The molecule has 1 aromatic heterocycles. The SMILES string of the molecule is COc1ccccc1CCNC(=O)c1cc(C(=O)N2CCCCC2)ccn1. The zero-order chi connectivity index (χ0) is 19.1. The molecule has 2 aromatic rings. The van der Waals surface area contributed by atoms with E-state index in [0.29, 0.717) is 18.5 Å². The molecule has 6 heteroatoms. The molecule has 1 aliphatic rings. The van der Waals surface area contributed by atoms with E-state index >= 15 is 0 Å². The number of aromatic nitrogens is 1. The highest BCUT2D eigenvalue weighted by Gasteiger charge is 2.19. The minimum Gasteiger partial charge on any atom is -0.496 e. The van der Waals surface area contributed by atoms with Gasteiger partial charge in [-0.15, -0.1) is 0 Å². The molecular formula is C21H25N3O3. The fourth-order valence-electron chi connectivity index (χ4n) is 3.28. The lowest BCUT2D eigenvalue weighted by atomic mass is 10.1. The van der Waals surface area contributed by atoms with Crippen LogP contribution in [0.15, 0.2) is 42.6 Å². The Labute approximate surface area is 159 Å². The number of hydrogen-bond acceptors (Lipinski definition) is 4. The maximum atomic E-state index is 12.6. The van der Waals surface area contributed by atoms with Crippen molar-refractivity contribution in [1.29, 1.82) is 0 Å². The predicted molar refractivity (Wildman–Crippen MR) is 103 cm³/mol. The lowest BCUT2D eigenvalue weighted by molar-refractivity contribution is 0.0724. The molecule has 1 aromatic carbocycles. The van der Waals surface area contributed by atoms with Crippen molar-refractivity contribution in [2.45, 2.75) is 25.7 Å². The van der Waals surface area contributed by atoms with E-state index in [9.17, 15) is 9.59 Å². The van der Waals surface area contributed by atoms with Crippen molar-refractivity contribution in [2.75, 3.05) is 26.7 Å². The summed E-state index contributed by atoms with van der Waals surface area (Å²) in [6.45, 7) is 2.02. The summed E-state index contributed by atoms with van der Waals surface area (Å²) in [5.74, 6) is 0.498. The average Bonchev–Trinajstić information content (AvgIpc) is 2.74. The lowest BCUT2D eigenvalue weighted by Gasteiger charge is -2.26. The van der Waals surface area contributed by atoms with Crippen LogP contribution in [0.5, 0.6) is 5.75 Å². The largest absolute Gasteiger partial charge is 0.496 e. The molecule has 142 valence electrons. The molecular weight excluding hydrogens is 342 g/mol. The highest BCUT2D eigenvalue weighted by molar-refractivity contribution is 5.98. The van der Waals surface area contributed by atoms with Gasteiger partial charge in [-0.1, -0.05) is 18.2 Å². The Morgan fingerprint density at radius 3 is 2.70 bits per heavy atom. The fourth-order valence-corrected chi connectivity index (χ4v) is 3.28. The van der Waals surface area contributed by atoms with Gasteiger partial charge >= 0.3 is 0 Å². The first-order valence-electron chi connectivity index (χ1n) is 9.34. The van der Waals surface area contributed by atoms with Crippen LogP contribution >= 0.6 is 0 Å². The quantitative estimate of drug-likeness (QED) is 0.852. The summed E-state index contributed by atoms with van der Waals surface area (Å²) in [5.41, 5.74) is 1.81. The van der Waals surface area contributed by atoms with Crippen molar-refractivity contribution < 1.29 is 14.3 Å². The van der Waals surface area contributed by atoms with Gasteiger partial charge < -0.3 is 15.0 Å². The Hall–Kier alpha value is -2.89. The van der Waals surface area contributed by atoms with Crippen LogP contribution in [-0.2, 0) is 6.42 Å². The molecule has 1 saturated heterocycles. The van der Waals surface area contributed by atoms with E-state index in [1.807, 2.05) is 29.2 Å². The van der Waals surface area contributed by atoms with Crippen LogP contribution in [0.4, 0.5) is 0 Å². The summed E-state index contributed by atoms with van der Waals surface area (Å²) in [5, 5.41) is 2.86. The molecule has 27 heavy (non-hydrogen) atoms. The summed E-state index contributed by atoms with van der Waals surface area (Å²) in [6, 6.07) is 11.0. The second-order valence-electron chi connectivity index (χ2n) is 6.60. The van der Waals surface area contributed by atoms with Gasteiger partial charge in [0.2, 0.25) is 0 Å². The third-order valence-electron chi connectivity index (χ3n) is 4.76. The second kappa shape index (κ2) is 9.16. The maximum absolute atomic E-state index is 12.6. The Bertz CT molecular complexity index is 801. The number of ether oxygens (including phenoxy) is 1. The molecule has 1 fully saturated rings. The number of benzene rings is 1. The van der Waals surface area contributed by atoms with Crippen LogP contribution in [0.2, 0.25) is 0 Å². The zero-order valence-electron chi connectivity index (χ0n) is 15.6. The number of piperidine rings is 1. The van der Waals surface area contributed by atoms with Gasteiger partial charge in [0.1, 0.15) is 11.4 Å². The molecule has 3 rings (SSSR count). The predicted octanol–water partition coefficient (Wildman–Crippen LogP) is 2.69. The molecule has 1 N–H and O–H groups in total. The van der Waals surface area contributed by atoms with E-state index in [0.717, 1.165) is 37.2 Å². The molecule has 6 nitrogen and oxygen atoms in total. The van der Waals surface area contributed by atoms with E-state index in [2.05, 4.69) is 10.3 Å². The third kappa shape index (κ3) is 4.84. The first-order chi connectivity index (χ1) is 13.2. The third-order valence-corrected chi connectivity index (χ3v) is 4.76. The second-order valence-corrected chi connectivity index (χ2v) is 6.60. The van der Waals surface area contributed by atoms with Gasteiger partial charge in [0.15, 0.2) is 0 Å². The van der Waals surface area contributed by atoms with Gasteiger partial charge in [0.25, 0.3) is 11.8 Å². The van der Waals surface area contributed by atoms with Gasteiger partial charge in [-0.25, -0.2) is 0 Å². The average molecular weight is 367 g/mol. The molecule has 0 atom stereocenters. The van der Waals surface area contributed by atoms with Crippen LogP contribution in [0.25, 0.3) is 0 Å². The molecule has 0 radical (unpaired) electrons. The van der Waals surface area contributed by atoms with Crippen LogP contribution < -0.4 is 10.1 Å². The first-order valence-corrected chi connectivity index (χ1v) is 9.34. The molecule has 2 heterocycles. The van der Waals surface area contributed by atoms with Gasteiger partial charge in [-0.3, -0.25) is 14.6 Å². The molecule has 0 saturated carbocycles. The van der Waals surface area contributed by atoms with Crippen LogP contribution in [0, 0.1) is 0 Å². The lowest BCUT2D eigenvalue weighted by Crippen LogP contribution is -2.35. The minimum absolute atomic E-state index is 0.0276. The normalized spacial score (nSPS) is 13.9. The Balaban J connectivity index is 1.59. The smallest absolute Gasteiger partial charge is 0.269 e. The van der Waals surface area contributed by atoms with E-state index in [1.165, 1.54) is 12.6 Å². The van der Waals surface area contributed by atoms with Crippen molar-refractivity contribution in [3.05, 3.63) is 59.4 Å².